The Balaban J connectivity index is 1.69. The average Bonchev–Trinajstić information content (AvgIpc) is 3.10. The molecule has 1 fully saturated rings. The van der Waals surface area contributed by atoms with E-state index in [4.69, 9.17) is 4.74 Å². The van der Waals surface area contributed by atoms with Crippen molar-refractivity contribution in [1.29, 1.82) is 0 Å². The van der Waals surface area contributed by atoms with Gasteiger partial charge in [-0.15, -0.1) is 0 Å². The van der Waals surface area contributed by atoms with Crippen molar-refractivity contribution in [3.8, 4) is 0 Å². The Kier molecular flexibility index (Phi) is 5.30. The van der Waals surface area contributed by atoms with Crippen LogP contribution in [0.3, 0.4) is 0 Å². The summed E-state index contributed by atoms with van der Waals surface area (Å²) in [7, 11) is -3.79. The van der Waals surface area contributed by atoms with Gasteiger partial charge in [-0.1, -0.05) is 12.1 Å². The van der Waals surface area contributed by atoms with Gasteiger partial charge in [-0.3, -0.25) is 15.1 Å². The Bertz CT molecular complexity index is 902. The summed E-state index contributed by atoms with van der Waals surface area (Å²) in [5, 5.41) is 11.1. The first-order valence-electron chi connectivity index (χ1n) is 8.14. The molecule has 9 heteroatoms. The van der Waals surface area contributed by atoms with Crippen LogP contribution >= 0.6 is 0 Å². The van der Waals surface area contributed by atoms with Gasteiger partial charge in [0.25, 0.3) is 5.69 Å². The number of hydrogen-bond donors (Lipinski definition) is 0. The van der Waals surface area contributed by atoms with Gasteiger partial charge in [0.2, 0.25) is 10.0 Å². The summed E-state index contributed by atoms with van der Waals surface area (Å²) in [6, 6.07) is 9.49. The molecule has 0 radical (unpaired) electrons. The van der Waals surface area contributed by atoms with Crippen molar-refractivity contribution >= 4 is 15.7 Å². The SMILES string of the molecule is Cc1ccc(S(=O)(=O)N2CC[C@@H](OCc3ccccn3)C2)cc1[N+](=O)[O-]. The van der Waals surface area contributed by atoms with Crippen molar-refractivity contribution < 1.29 is 18.1 Å². The van der Waals surface area contributed by atoms with E-state index in [1.165, 1.54) is 16.4 Å². The molecule has 1 aromatic heterocycles. The van der Waals surface area contributed by atoms with E-state index in [0.29, 0.717) is 25.1 Å². The molecule has 8 nitrogen and oxygen atoms in total. The predicted molar refractivity (Wildman–Crippen MR) is 94.0 cm³/mol. The Labute approximate surface area is 151 Å². The molecular formula is C17H19N3O5S. The van der Waals surface area contributed by atoms with Crippen LogP contribution < -0.4 is 0 Å². The van der Waals surface area contributed by atoms with Crippen LogP contribution in [0.5, 0.6) is 0 Å². The number of nitro groups is 1. The van der Waals surface area contributed by atoms with Crippen molar-refractivity contribution in [3.63, 3.8) is 0 Å². The number of aryl methyl sites for hydroxylation is 1. The van der Waals surface area contributed by atoms with Crippen molar-refractivity contribution in [1.82, 2.24) is 9.29 Å². The topological polar surface area (TPSA) is 103 Å². The van der Waals surface area contributed by atoms with Crippen molar-refractivity contribution in [3.05, 3.63) is 64.0 Å². The highest BCUT2D eigenvalue weighted by molar-refractivity contribution is 7.89. The molecule has 1 aromatic carbocycles. The number of hydrogen-bond acceptors (Lipinski definition) is 6. The molecular weight excluding hydrogens is 358 g/mol. The fourth-order valence-corrected chi connectivity index (χ4v) is 4.34. The van der Waals surface area contributed by atoms with Crippen LogP contribution in [-0.2, 0) is 21.4 Å². The van der Waals surface area contributed by atoms with Crippen LogP contribution in [0.1, 0.15) is 17.7 Å². The molecule has 2 aromatic rings. The van der Waals surface area contributed by atoms with E-state index in [9.17, 15) is 18.5 Å². The molecule has 1 saturated heterocycles. The second-order valence-corrected chi connectivity index (χ2v) is 8.05. The van der Waals surface area contributed by atoms with Gasteiger partial charge in [-0.05, 0) is 31.5 Å². The summed E-state index contributed by atoms with van der Waals surface area (Å²) in [5.41, 5.74) is 1.00. The number of pyridine rings is 1. The molecule has 138 valence electrons. The first-order chi connectivity index (χ1) is 12.4. The standard InChI is InChI=1S/C17H19N3O5S/c1-13-5-6-16(10-17(13)20(21)22)26(23,24)19-9-7-15(11-19)25-12-14-4-2-3-8-18-14/h2-6,8,10,15H,7,9,11-12H2,1H3/t15-/m1/s1. The summed E-state index contributed by atoms with van der Waals surface area (Å²) >= 11 is 0. The maximum Gasteiger partial charge on any atom is 0.273 e. The van der Waals surface area contributed by atoms with E-state index >= 15 is 0 Å². The average molecular weight is 377 g/mol. The first kappa shape index (κ1) is 18.4. The molecule has 1 atom stereocenters. The lowest BCUT2D eigenvalue weighted by molar-refractivity contribution is -0.385. The highest BCUT2D eigenvalue weighted by Crippen LogP contribution is 2.27. The minimum atomic E-state index is -3.79. The summed E-state index contributed by atoms with van der Waals surface area (Å²) in [6.07, 6.45) is 2.02. The lowest BCUT2D eigenvalue weighted by Gasteiger charge is -2.17. The monoisotopic (exact) mass is 377 g/mol. The predicted octanol–water partition coefficient (Wildman–Crippen LogP) is 2.28. The van der Waals surface area contributed by atoms with Crippen LogP contribution in [0.4, 0.5) is 5.69 Å². The Morgan fingerprint density at radius 3 is 2.85 bits per heavy atom. The van der Waals surface area contributed by atoms with Gasteiger partial charge >= 0.3 is 0 Å². The smallest absolute Gasteiger partial charge is 0.273 e. The fourth-order valence-electron chi connectivity index (χ4n) is 2.83. The van der Waals surface area contributed by atoms with E-state index in [-0.39, 0.29) is 23.2 Å². The van der Waals surface area contributed by atoms with Gasteiger partial charge in [-0.2, -0.15) is 4.31 Å². The number of aromatic nitrogens is 1. The van der Waals surface area contributed by atoms with Crippen molar-refractivity contribution in [2.75, 3.05) is 13.1 Å². The Morgan fingerprint density at radius 1 is 1.35 bits per heavy atom. The van der Waals surface area contributed by atoms with Crippen LogP contribution in [0.25, 0.3) is 0 Å². The minimum Gasteiger partial charge on any atom is -0.371 e. The summed E-state index contributed by atoms with van der Waals surface area (Å²) in [4.78, 5) is 14.6. The van der Waals surface area contributed by atoms with E-state index in [2.05, 4.69) is 4.98 Å². The zero-order valence-electron chi connectivity index (χ0n) is 14.2. The van der Waals surface area contributed by atoms with Gasteiger partial charge in [-0.25, -0.2) is 8.42 Å². The fraction of sp³-hybridized carbons (Fsp3) is 0.353. The molecule has 0 unspecified atom stereocenters. The van der Waals surface area contributed by atoms with Crippen molar-refractivity contribution in [2.24, 2.45) is 0 Å². The van der Waals surface area contributed by atoms with Gasteiger partial charge in [0, 0.05) is 30.9 Å². The summed E-state index contributed by atoms with van der Waals surface area (Å²) < 4.78 is 32.6. The zero-order chi connectivity index (χ0) is 18.7. The Hall–Kier alpha value is -2.36. The second-order valence-electron chi connectivity index (χ2n) is 6.11. The molecule has 0 saturated carbocycles. The molecule has 0 spiro atoms. The quantitative estimate of drug-likeness (QED) is 0.565. The van der Waals surface area contributed by atoms with Crippen LogP contribution in [-0.4, -0.2) is 41.8 Å². The van der Waals surface area contributed by atoms with Crippen LogP contribution in [0.2, 0.25) is 0 Å². The molecule has 2 heterocycles. The van der Waals surface area contributed by atoms with Gasteiger partial charge in [0.1, 0.15) is 0 Å². The third-order valence-electron chi connectivity index (χ3n) is 4.32. The number of nitrogens with zero attached hydrogens (tertiary/aromatic N) is 3. The maximum atomic E-state index is 12.8. The highest BCUT2D eigenvalue weighted by atomic mass is 32.2. The van der Waals surface area contributed by atoms with Gasteiger partial charge in [0.05, 0.1) is 28.2 Å². The molecule has 0 aliphatic carbocycles. The van der Waals surface area contributed by atoms with Crippen LogP contribution in [0, 0.1) is 17.0 Å². The third-order valence-corrected chi connectivity index (χ3v) is 6.18. The Morgan fingerprint density at radius 2 is 2.15 bits per heavy atom. The maximum absolute atomic E-state index is 12.8. The molecule has 26 heavy (non-hydrogen) atoms. The number of ether oxygens (including phenoxy) is 1. The number of rotatable bonds is 6. The number of benzene rings is 1. The number of nitro benzene ring substituents is 1. The molecule has 0 bridgehead atoms. The van der Waals surface area contributed by atoms with E-state index in [1.54, 1.807) is 13.1 Å². The summed E-state index contributed by atoms with van der Waals surface area (Å²) in [5.74, 6) is 0. The summed E-state index contributed by atoms with van der Waals surface area (Å²) in [6.45, 7) is 2.43. The van der Waals surface area contributed by atoms with E-state index < -0.39 is 14.9 Å². The number of sulfonamides is 1. The zero-order valence-corrected chi connectivity index (χ0v) is 15.1. The molecule has 0 amide bonds. The molecule has 1 aliphatic heterocycles. The molecule has 1 aliphatic rings. The minimum absolute atomic E-state index is 0.0693. The van der Waals surface area contributed by atoms with Crippen molar-refractivity contribution in [2.45, 2.75) is 31.0 Å². The lowest BCUT2D eigenvalue weighted by Crippen LogP contribution is -2.30. The van der Waals surface area contributed by atoms with E-state index in [0.717, 1.165) is 11.8 Å². The molecule has 3 rings (SSSR count). The highest BCUT2D eigenvalue weighted by Gasteiger charge is 2.34. The largest absolute Gasteiger partial charge is 0.371 e. The van der Waals surface area contributed by atoms with Gasteiger partial charge < -0.3 is 4.74 Å². The van der Waals surface area contributed by atoms with Crippen LogP contribution in [0.15, 0.2) is 47.5 Å². The van der Waals surface area contributed by atoms with Gasteiger partial charge in [0.15, 0.2) is 0 Å². The first-order valence-corrected chi connectivity index (χ1v) is 9.58. The lowest BCUT2D eigenvalue weighted by atomic mass is 10.2. The second kappa shape index (κ2) is 7.48. The third kappa shape index (κ3) is 3.90. The normalized spacial score (nSPS) is 18.1. The molecule has 0 N–H and O–H groups in total. The van der Waals surface area contributed by atoms with E-state index in [1.807, 2.05) is 18.2 Å².